The maximum Gasteiger partial charge on any atom is 0.119 e. The molecule has 0 aliphatic rings. The van der Waals surface area contributed by atoms with Crippen LogP contribution in [0.15, 0.2) is 41.1 Å². The minimum Gasteiger partial charge on any atom is -0.494 e. The van der Waals surface area contributed by atoms with Crippen molar-refractivity contribution in [2.75, 3.05) is 13.2 Å². The number of thiophene rings is 1. The van der Waals surface area contributed by atoms with E-state index in [1.807, 2.05) is 19.1 Å². The van der Waals surface area contributed by atoms with Gasteiger partial charge in [-0.05, 0) is 66.9 Å². The van der Waals surface area contributed by atoms with Crippen molar-refractivity contribution in [1.29, 1.82) is 0 Å². The molecule has 1 aromatic carbocycles. The minimum atomic E-state index is 0.370. The molecule has 1 unspecified atom stereocenters. The lowest BCUT2D eigenvalue weighted by Crippen LogP contribution is -2.21. The van der Waals surface area contributed by atoms with E-state index in [9.17, 15) is 0 Å². The first-order chi connectivity index (χ1) is 9.29. The number of ether oxygens (including phenoxy) is 1. The highest BCUT2D eigenvalue weighted by atomic mass is 32.1. The predicted octanol–water partition coefficient (Wildman–Crippen LogP) is 4.04. The second-order valence-electron chi connectivity index (χ2n) is 4.56. The zero-order valence-electron chi connectivity index (χ0n) is 11.6. The van der Waals surface area contributed by atoms with Gasteiger partial charge in [0.15, 0.2) is 0 Å². The van der Waals surface area contributed by atoms with Gasteiger partial charge in [-0.1, -0.05) is 12.1 Å². The van der Waals surface area contributed by atoms with Gasteiger partial charge in [-0.2, -0.15) is 11.3 Å². The molecule has 2 rings (SSSR count). The summed E-state index contributed by atoms with van der Waals surface area (Å²) in [5.74, 6) is 0.941. The van der Waals surface area contributed by atoms with E-state index in [1.54, 1.807) is 11.3 Å². The smallest absolute Gasteiger partial charge is 0.119 e. The van der Waals surface area contributed by atoms with Gasteiger partial charge >= 0.3 is 0 Å². The molecule has 1 N–H and O–H groups in total. The molecule has 0 saturated heterocycles. The molecule has 3 heteroatoms. The second kappa shape index (κ2) is 7.31. The van der Waals surface area contributed by atoms with Gasteiger partial charge in [-0.3, -0.25) is 0 Å². The summed E-state index contributed by atoms with van der Waals surface area (Å²) < 4.78 is 5.45. The first-order valence-electron chi connectivity index (χ1n) is 6.77. The highest BCUT2D eigenvalue weighted by Gasteiger charge is 2.04. The van der Waals surface area contributed by atoms with E-state index in [0.717, 1.165) is 18.7 Å². The van der Waals surface area contributed by atoms with Crippen LogP contribution in [0, 0.1) is 0 Å². The molecular formula is C16H21NOS. The number of hydrogen-bond donors (Lipinski definition) is 1. The van der Waals surface area contributed by atoms with Gasteiger partial charge in [0.2, 0.25) is 0 Å². The van der Waals surface area contributed by atoms with E-state index < -0.39 is 0 Å². The molecular weight excluding hydrogens is 254 g/mol. The molecule has 0 bridgehead atoms. The van der Waals surface area contributed by atoms with Crippen molar-refractivity contribution in [3.8, 4) is 5.75 Å². The zero-order valence-corrected chi connectivity index (χ0v) is 12.4. The number of nitrogens with one attached hydrogen (secondary N) is 1. The molecule has 2 nitrogen and oxygen atoms in total. The highest BCUT2D eigenvalue weighted by molar-refractivity contribution is 7.07. The van der Waals surface area contributed by atoms with Crippen LogP contribution < -0.4 is 10.1 Å². The Morgan fingerprint density at radius 2 is 2.00 bits per heavy atom. The Labute approximate surface area is 119 Å². The van der Waals surface area contributed by atoms with Gasteiger partial charge in [0.05, 0.1) is 6.61 Å². The summed E-state index contributed by atoms with van der Waals surface area (Å²) in [7, 11) is 0. The van der Waals surface area contributed by atoms with E-state index in [0.29, 0.717) is 12.6 Å². The fourth-order valence-corrected chi connectivity index (χ4v) is 2.71. The summed E-state index contributed by atoms with van der Waals surface area (Å²) in [6.45, 7) is 5.92. The largest absolute Gasteiger partial charge is 0.494 e. The molecule has 0 saturated carbocycles. The van der Waals surface area contributed by atoms with Crippen LogP contribution in [0.4, 0.5) is 0 Å². The van der Waals surface area contributed by atoms with Gasteiger partial charge in [-0.15, -0.1) is 0 Å². The standard InChI is InChI=1S/C16H21NOS/c1-3-18-16-6-4-15(5-7-16)13(2)17-10-8-14-9-11-19-12-14/h4-7,9,11-13,17H,3,8,10H2,1-2H3. The molecule has 1 aromatic heterocycles. The average molecular weight is 275 g/mol. The van der Waals surface area contributed by atoms with Crippen LogP contribution in [-0.4, -0.2) is 13.2 Å². The van der Waals surface area contributed by atoms with E-state index in [1.165, 1.54) is 11.1 Å². The van der Waals surface area contributed by atoms with Gasteiger partial charge in [0, 0.05) is 6.04 Å². The summed E-state index contributed by atoms with van der Waals surface area (Å²) in [4.78, 5) is 0. The van der Waals surface area contributed by atoms with Crippen LogP contribution in [0.2, 0.25) is 0 Å². The van der Waals surface area contributed by atoms with Crippen molar-refractivity contribution in [3.63, 3.8) is 0 Å². The lowest BCUT2D eigenvalue weighted by Gasteiger charge is -2.14. The van der Waals surface area contributed by atoms with Crippen molar-refractivity contribution in [2.24, 2.45) is 0 Å². The van der Waals surface area contributed by atoms with Crippen LogP contribution >= 0.6 is 11.3 Å². The molecule has 1 heterocycles. The first-order valence-corrected chi connectivity index (χ1v) is 7.71. The van der Waals surface area contributed by atoms with E-state index in [2.05, 4.69) is 41.2 Å². The molecule has 19 heavy (non-hydrogen) atoms. The third-order valence-corrected chi connectivity index (χ3v) is 3.87. The monoisotopic (exact) mass is 275 g/mol. The van der Waals surface area contributed by atoms with Crippen molar-refractivity contribution >= 4 is 11.3 Å². The molecule has 102 valence electrons. The Morgan fingerprint density at radius 3 is 2.63 bits per heavy atom. The first kappa shape index (κ1) is 14.1. The maximum absolute atomic E-state index is 5.45. The van der Waals surface area contributed by atoms with Crippen molar-refractivity contribution in [3.05, 3.63) is 52.2 Å². The Bertz CT molecular complexity index is 464. The van der Waals surface area contributed by atoms with Crippen molar-refractivity contribution < 1.29 is 4.74 Å². The van der Waals surface area contributed by atoms with Crippen molar-refractivity contribution in [1.82, 2.24) is 5.32 Å². The van der Waals surface area contributed by atoms with Crippen LogP contribution in [0.1, 0.15) is 31.0 Å². The minimum absolute atomic E-state index is 0.370. The molecule has 0 spiro atoms. The van der Waals surface area contributed by atoms with Gasteiger partial charge in [0.25, 0.3) is 0 Å². The van der Waals surface area contributed by atoms with Crippen LogP contribution in [0.5, 0.6) is 5.75 Å². The van der Waals surface area contributed by atoms with Crippen LogP contribution in [0.3, 0.4) is 0 Å². The number of benzene rings is 1. The average Bonchev–Trinajstić information content (AvgIpc) is 2.93. The molecule has 0 radical (unpaired) electrons. The third kappa shape index (κ3) is 4.37. The van der Waals surface area contributed by atoms with E-state index >= 15 is 0 Å². The summed E-state index contributed by atoms with van der Waals surface area (Å²) in [6.07, 6.45) is 1.09. The molecule has 0 fully saturated rings. The maximum atomic E-state index is 5.45. The molecule has 1 atom stereocenters. The second-order valence-corrected chi connectivity index (χ2v) is 5.34. The van der Waals surface area contributed by atoms with Gasteiger partial charge in [0.1, 0.15) is 5.75 Å². The predicted molar refractivity (Wildman–Crippen MR) is 82.1 cm³/mol. The summed E-state index contributed by atoms with van der Waals surface area (Å²) in [5, 5.41) is 7.89. The number of hydrogen-bond acceptors (Lipinski definition) is 3. The third-order valence-electron chi connectivity index (χ3n) is 3.14. The quantitative estimate of drug-likeness (QED) is 0.823. The number of rotatable bonds is 7. The Kier molecular flexibility index (Phi) is 5.43. The molecule has 0 aliphatic carbocycles. The lowest BCUT2D eigenvalue weighted by atomic mass is 10.1. The normalized spacial score (nSPS) is 12.3. The summed E-state index contributed by atoms with van der Waals surface area (Å²) in [5.41, 5.74) is 2.71. The molecule has 0 amide bonds. The Hall–Kier alpha value is -1.32. The van der Waals surface area contributed by atoms with E-state index in [-0.39, 0.29) is 0 Å². The van der Waals surface area contributed by atoms with Crippen molar-refractivity contribution in [2.45, 2.75) is 26.3 Å². The van der Waals surface area contributed by atoms with Gasteiger partial charge < -0.3 is 10.1 Å². The fourth-order valence-electron chi connectivity index (χ4n) is 2.01. The van der Waals surface area contributed by atoms with E-state index in [4.69, 9.17) is 4.74 Å². The molecule has 0 aliphatic heterocycles. The van der Waals surface area contributed by atoms with Crippen LogP contribution in [-0.2, 0) is 6.42 Å². The topological polar surface area (TPSA) is 21.3 Å². The zero-order chi connectivity index (χ0) is 13.5. The lowest BCUT2D eigenvalue weighted by molar-refractivity contribution is 0.340. The SMILES string of the molecule is CCOc1ccc(C(C)NCCc2ccsc2)cc1. The summed E-state index contributed by atoms with van der Waals surface area (Å²) >= 11 is 1.76. The Balaban J connectivity index is 1.80. The van der Waals surface area contributed by atoms with Crippen LogP contribution in [0.25, 0.3) is 0 Å². The Morgan fingerprint density at radius 1 is 1.21 bits per heavy atom. The van der Waals surface area contributed by atoms with Gasteiger partial charge in [-0.25, -0.2) is 0 Å². The molecule has 2 aromatic rings. The summed E-state index contributed by atoms with van der Waals surface area (Å²) in [6, 6.07) is 10.9. The highest BCUT2D eigenvalue weighted by Crippen LogP contribution is 2.17. The fraction of sp³-hybridized carbons (Fsp3) is 0.375.